The van der Waals surface area contributed by atoms with Gasteiger partial charge in [0.2, 0.25) is 0 Å². The normalized spacial score (nSPS) is 26.6. The van der Waals surface area contributed by atoms with Crippen molar-refractivity contribution < 1.29 is 5.11 Å². The molecule has 1 aliphatic rings. The molecule has 0 aliphatic heterocycles. The van der Waals surface area contributed by atoms with E-state index in [2.05, 4.69) is 18.9 Å². The first-order chi connectivity index (χ1) is 6.72. The predicted octanol–water partition coefficient (Wildman–Crippen LogP) is 2.27. The van der Waals surface area contributed by atoms with E-state index in [0.29, 0.717) is 0 Å². The third kappa shape index (κ3) is 4.43. The molecule has 2 nitrogen and oxygen atoms in total. The van der Waals surface area contributed by atoms with Crippen LogP contribution in [0.5, 0.6) is 0 Å². The number of aliphatic hydroxyl groups is 1. The molecule has 2 heteroatoms. The van der Waals surface area contributed by atoms with Gasteiger partial charge in [0.25, 0.3) is 0 Å². The average Bonchev–Trinajstić information content (AvgIpc) is 2.10. The summed E-state index contributed by atoms with van der Waals surface area (Å²) in [6, 6.07) is 0. The topological polar surface area (TPSA) is 23.5 Å². The molecule has 1 fully saturated rings. The third-order valence-electron chi connectivity index (χ3n) is 3.17. The highest BCUT2D eigenvalue weighted by molar-refractivity contribution is 4.80. The van der Waals surface area contributed by atoms with Gasteiger partial charge in [0.1, 0.15) is 0 Å². The van der Waals surface area contributed by atoms with E-state index in [-0.39, 0.29) is 6.10 Å². The van der Waals surface area contributed by atoms with E-state index in [9.17, 15) is 0 Å². The summed E-state index contributed by atoms with van der Waals surface area (Å²) in [5.41, 5.74) is 0. The van der Waals surface area contributed by atoms with Crippen molar-refractivity contribution in [3.05, 3.63) is 0 Å². The highest BCUT2D eigenvalue weighted by Crippen LogP contribution is 2.27. The van der Waals surface area contributed by atoms with Gasteiger partial charge in [0, 0.05) is 6.54 Å². The Balaban J connectivity index is 1.91. The lowest BCUT2D eigenvalue weighted by atomic mass is 9.82. The second-order valence-electron chi connectivity index (χ2n) is 4.81. The van der Waals surface area contributed by atoms with Gasteiger partial charge in [-0.05, 0) is 38.8 Å². The van der Waals surface area contributed by atoms with Gasteiger partial charge in [-0.3, -0.25) is 0 Å². The molecule has 1 aliphatic carbocycles. The Morgan fingerprint density at radius 2 is 1.93 bits per heavy atom. The molecule has 0 aromatic heterocycles. The second kappa shape index (κ2) is 6.41. The third-order valence-corrected chi connectivity index (χ3v) is 3.17. The van der Waals surface area contributed by atoms with Crippen molar-refractivity contribution in [2.45, 2.75) is 51.6 Å². The predicted molar refractivity (Wildman–Crippen MR) is 60.4 cm³/mol. The molecular formula is C12H25NO. The first-order valence-corrected chi connectivity index (χ1v) is 6.09. The van der Waals surface area contributed by atoms with Crippen LogP contribution >= 0.6 is 0 Å². The van der Waals surface area contributed by atoms with Crippen molar-refractivity contribution in [3.63, 3.8) is 0 Å². The molecule has 0 spiro atoms. The minimum Gasteiger partial charge on any atom is -0.393 e. The minimum atomic E-state index is 0.00786. The number of hydrogen-bond donors (Lipinski definition) is 1. The van der Waals surface area contributed by atoms with E-state index in [0.717, 1.165) is 18.8 Å². The molecule has 14 heavy (non-hydrogen) atoms. The Labute approximate surface area is 88.3 Å². The second-order valence-corrected chi connectivity index (χ2v) is 4.81. The van der Waals surface area contributed by atoms with Crippen LogP contribution in [0.4, 0.5) is 0 Å². The van der Waals surface area contributed by atoms with Gasteiger partial charge in [0.05, 0.1) is 6.10 Å². The van der Waals surface area contributed by atoms with Gasteiger partial charge in [-0.2, -0.15) is 0 Å². The van der Waals surface area contributed by atoms with E-state index in [1.54, 1.807) is 0 Å². The maximum atomic E-state index is 9.16. The molecule has 0 heterocycles. The van der Waals surface area contributed by atoms with E-state index in [4.69, 9.17) is 5.11 Å². The molecule has 1 saturated carbocycles. The van der Waals surface area contributed by atoms with Crippen molar-refractivity contribution >= 4 is 0 Å². The Morgan fingerprint density at radius 3 is 2.50 bits per heavy atom. The Morgan fingerprint density at radius 1 is 1.21 bits per heavy atom. The Hall–Kier alpha value is -0.0800. The summed E-state index contributed by atoms with van der Waals surface area (Å²) in [6.07, 6.45) is 7.45. The monoisotopic (exact) mass is 199 g/mol. The van der Waals surface area contributed by atoms with Crippen LogP contribution in [0.25, 0.3) is 0 Å². The molecule has 0 bridgehead atoms. The molecular weight excluding hydrogens is 174 g/mol. The van der Waals surface area contributed by atoms with E-state index in [1.807, 2.05) is 0 Å². The van der Waals surface area contributed by atoms with Gasteiger partial charge in [-0.1, -0.05) is 26.2 Å². The molecule has 0 aromatic rings. The van der Waals surface area contributed by atoms with Crippen molar-refractivity contribution in [2.75, 3.05) is 20.1 Å². The van der Waals surface area contributed by atoms with Crippen LogP contribution in [0.15, 0.2) is 0 Å². The van der Waals surface area contributed by atoms with Gasteiger partial charge in [-0.15, -0.1) is 0 Å². The smallest absolute Gasteiger partial charge is 0.0546 e. The number of aliphatic hydroxyl groups excluding tert-OH is 1. The maximum Gasteiger partial charge on any atom is 0.0546 e. The summed E-state index contributed by atoms with van der Waals surface area (Å²) in [6.45, 7) is 4.66. The van der Waals surface area contributed by atoms with Crippen molar-refractivity contribution in [1.82, 2.24) is 4.90 Å². The fourth-order valence-corrected chi connectivity index (χ4v) is 2.19. The van der Waals surface area contributed by atoms with Gasteiger partial charge in [0.15, 0.2) is 0 Å². The number of rotatable bonds is 7. The molecule has 0 atom stereocenters. The van der Waals surface area contributed by atoms with Crippen LogP contribution < -0.4 is 0 Å². The van der Waals surface area contributed by atoms with E-state index < -0.39 is 0 Å². The number of unbranched alkanes of at least 4 members (excludes halogenated alkanes) is 3. The summed E-state index contributed by atoms with van der Waals surface area (Å²) in [4.78, 5) is 2.42. The zero-order valence-electron chi connectivity index (χ0n) is 9.71. The van der Waals surface area contributed by atoms with E-state index in [1.165, 1.54) is 38.8 Å². The van der Waals surface area contributed by atoms with Crippen molar-refractivity contribution in [3.8, 4) is 0 Å². The van der Waals surface area contributed by atoms with Crippen LogP contribution in [-0.2, 0) is 0 Å². The number of hydrogen-bond acceptors (Lipinski definition) is 2. The summed E-state index contributed by atoms with van der Waals surface area (Å²) in [5.74, 6) is 0.765. The minimum absolute atomic E-state index is 0.00786. The van der Waals surface area contributed by atoms with Crippen LogP contribution in [-0.4, -0.2) is 36.2 Å². The zero-order chi connectivity index (χ0) is 10.4. The van der Waals surface area contributed by atoms with Crippen molar-refractivity contribution in [1.29, 1.82) is 0 Å². The highest BCUT2D eigenvalue weighted by Gasteiger charge is 2.27. The summed E-state index contributed by atoms with van der Waals surface area (Å²) < 4.78 is 0. The van der Waals surface area contributed by atoms with Crippen LogP contribution in [0.1, 0.15) is 45.4 Å². The highest BCUT2D eigenvalue weighted by atomic mass is 16.3. The van der Waals surface area contributed by atoms with Crippen LogP contribution in [0.2, 0.25) is 0 Å². The molecule has 0 aromatic carbocycles. The summed E-state index contributed by atoms with van der Waals surface area (Å²) in [5, 5.41) is 9.16. The lowest BCUT2D eigenvalue weighted by molar-refractivity contribution is 0.0282. The molecule has 1 N–H and O–H groups in total. The van der Waals surface area contributed by atoms with Crippen LogP contribution in [0.3, 0.4) is 0 Å². The SMILES string of the molecule is CCCCCCN(C)CC1CC(O)C1. The lowest BCUT2D eigenvalue weighted by Gasteiger charge is -2.34. The first-order valence-electron chi connectivity index (χ1n) is 6.09. The lowest BCUT2D eigenvalue weighted by Crippen LogP contribution is -2.37. The largest absolute Gasteiger partial charge is 0.393 e. The fraction of sp³-hybridized carbons (Fsp3) is 1.00. The molecule has 0 saturated heterocycles. The molecule has 84 valence electrons. The summed E-state index contributed by atoms with van der Waals surface area (Å²) in [7, 11) is 2.21. The Kier molecular flexibility index (Phi) is 5.49. The fourth-order valence-electron chi connectivity index (χ4n) is 2.19. The van der Waals surface area contributed by atoms with E-state index >= 15 is 0 Å². The Bertz CT molecular complexity index is 143. The quantitative estimate of drug-likeness (QED) is 0.636. The van der Waals surface area contributed by atoms with Gasteiger partial charge >= 0.3 is 0 Å². The summed E-state index contributed by atoms with van der Waals surface area (Å²) >= 11 is 0. The molecule has 1 rings (SSSR count). The van der Waals surface area contributed by atoms with Gasteiger partial charge < -0.3 is 10.0 Å². The molecule has 0 radical (unpaired) electrons. The standard InChI is InChI=1S/C12H25NO/c1-3-4-5-6-7-13(2)10-11-8-12(14)9-11/h11-12,14H,3-10H2,1-2H3. The molecule has 0 amide bonds. The van der Waals surface area contributed by atoms with Crippen molar-refractivity contribution in [2.24, 2.45) is 5.92 Å². The zero-order valence-corrected chi connectivity index (χ0v) is 9.71. The first kappa shape index (κ1) is 12.0. The van der Waals surface area contributed by atoms with Gasteiger partial charge in [-0.25, -0.2) is 0 Å². The average molecular weight is 199 g/mol. The van der Waals surface area contributed by atoms with Crippen LogP contribution in [0, 0.1) is 5.92 Å². The maximum absolute atomic E-state index is 9.16. The number of nitrogens with zero attached hydrogens (tertiary/aromatic N) is 1. The molecule has 0 unspecified atom stereocenters.